The van der Waals surface area contributed by atoms with Gasteiger partial charge in [0.2, 0.25) is 5.95 Å². The summed E-state index contributed by atoms with van der Waals surface area (Å²) in [6, 6.07) is 5.42. The number of aliphatic hydroxyl groups is 1. The normalized spacial score (nSPS) is 13.0. The molecule has 1 aromatic heterocycles. The van der Waals surface area contributed by atoms with Gasteiger partial charge in [0.15, 0.2) is 5.69 Å². The van der Waals surface area contributed by atoms with Crippen molar-refractivity contribution in [3.8, 4) is 0 Å². The highest BCUT2D eigenvalue weighted by molar-refractivity contribution is 14.1. The van der Waals surface area contributed by atoms with Gasteiger partial charge in [-0.2, -0.15) is 18.2 Å². The van der Waals surface area contributed by atoms with E-state index in [-0.39, 0.29) is 24.3 Å². The third-order valence-electron chi connectivity index (χ3n) is 3.53. The maximum Gasteiger partial charge on any atom is 0.433 e. The molecule has 0 radical (unpaired) electrons. The van der Waals surface area contributed by atoms with E-state index in [9.17, 15) is 18.3 Å². The molecule has 10 heteroatoms. The molecule has 5 nitrogen and oxygen atoms in total. The first kappa shape index (κ1) is 21.0. The van der Waals surface area contributed by atoms with Gasteiger partial charge in [-0.15, -0.1) is 0 Å². The van der Waals surface area contributed by atoms with Gasteiger partial charge in [-0.3, -0.25) is 0 Å². The van der Waals surface area contributed by atoms with E-state index in [1.54, 1.807) is 18.2 Å². The molecular formula is C16H17ClF3IN4O. The lowest BCUT2D eigenvalue weighted by molar-refractivity contribution is -0.141. The Morgan fingerprint density at radius 2 is 1.92 bits per heavy atom. The van der Waals surface area contributed by atoms with E-state index in [1.807, 2.05) is 13.8 Å². The zero-order valence-corrected chi connectivity index (χ0v) is 16.8. The van der Waals surface area contributed by atoms with Gasteiger partial charge in [-0.25, -0.2) is 4.98 Å². The van der Waals surface area contributed by atoms with E-state index in [1.165, 1.54) is 0 Å². The Kier molecular flexibility index (Phi) is 6.92. The highest BCUT2D eigenvalue weighted by atomic mass is 127. The van der Waals surface area contributed by atoms with Crippen LogP contribution in [0.4, 0.5) is 30.6 Å². The average molecular weight is 501 g/mol. The summed E-state index contributed by atoms with van der Waals surface area (Å²) >= 11 is 8.19. The van der Waals surface area contributed by atoms with Crippen LogP contribution < -0.4 is 10.6 Å². The monoisotopic (exact) mass is 500 g/mol. The number of nitrogens with zero attached hydrogens (tertiary/aromatic N) is 2. The van der Waals surface area contributed by atoms with Gasteiger partial charge in [-0.05, 0) is 46.7 Å². The van der Waals surface area contributed by atoms with Crippen molar-refractivity contribution in [2.24, 2.45) is 5.92 Å². The average Bonchev–Trinajstić information content (AvgIpc) is 2.54. The van der Waals surface area contributed by atoms with Crippen LogP contribution in [0.15, 0.2) is 24.3 Å². The predicted molar refractivity (Wildman–Crippen MR) is 104 cm³/mol. The molecule has 0 saturated carbocycles. The van der Waals surface area contributed by atoms with E-state index in [4.69, 9.17) is 11.6 Å². The highest BCUT2D eigenvalue weighted by Gasteiger charge is 2.34. The van der Waals surface area contributed by atoms with Crippen molar-refractivity contribution in [2.45, 2.75) is 26.1 Å². The third kappa shape index (κ3) is 5.58. The van der Waals surface area contributed by atoms with Gasteiger partial charge in [-0.1, -0.05) is 25.4 Å². The number of benzene rings is 1. The Bertz CT molecular complexity index is 774. The number of nitrogens with one attached hydrogen (secondary N) is 2. The van der Waals surface area contributed by atoms with Crippen LogP contribution in [0.3, 0.4) is 0 Å². The van der Waals surface area contributed by atoms with Crippen molar-refractivity contribution < 1.29 is 18.3 Å². The number of alkyl halides is 3. The lowest BCUT2D eigenvalue weighted by Crippen LogP contribution is -2.30. The molecule has 0 amide bonds. The lowest BCUT2D eigenvalue weighted by atomic mass is 10.1. The van der Waals surface area contributed by atoms with E-state index >= 15 is 0 Å². The van der Waals surface area contributed by atoms with Crippen LogP contribution in [-0.4, -0.2) is 27.7 Å². The van der Waals surface area contributed by atoms with E-state index in [0.717, 1.165) is 9.64 Å². The first-order valence-corrected chi connectivity index (χ1v) is 9.11. The quantitative estimate of drug-likeness (QED) is 0.491. The van der Waals surface area contributed by atoms with Crippen LogP contribution in [0.2, 0.25) is 5.02 Å². The highest BCUT2D eigenvalue weighted by Crippen LogP contribution is 2.32. The molecule has 26 heavy (non-hydrogen) atoms. The Morgan fingerprint density at radius 3 is 2.46 bits per heavy atom. The van der Waals surface area contributed by atoms with Gasteiger partial charge >= 0.3 is 6.18 Å². The molecule has 0 fully saturated rings. The molecule has 0 aliphatic heterocycles. The summed E-state index contributed by atoms with van der Waals surface area (Å²) in [5.41, 5.74) is -0.674. The van der Waals surface area contributed by atoms with E-state index in [2.05, 4.69) is 43.2 Å². The molecule has 2 rings (SSSR count). The number of hydrogen-bond acceptors (Lipinski definition) is 5. The van der Waals surface area contributed by atoms with Crippen LogP contribution in [0.5, 0.6) is 0 Å². The number of hydrogen-bond donors (Lipinski definition) is 3. The third-order valence-corrected chi connectivity index (χ3v) is 4.51. The summed E-state index contributed by atoms with van der Waals surface area (Å²) < 4.78 is 40.4. The van der Waals surface area contributed by atoms with Crippen molar-refractivity contribution in [3.63, 3.8) is 0 Å². The summed E-state index contributed by atoms with van der Waals surface area (Å²) in [4.78, 5) is 7.59. The molecular weight excluding hydrogens is 484 g/mol. The number of anilines is 3. The fourth-order valence-corrected chi connectivity index (χ4v) is 2.94. The largest absolute Gasteiger partial charge is 0.433 e. The molecule has 1 heterocycles. The Morgan fingerprint density at radius 1 is 1.23 bits per heavy atom. The minimum absolute atomic E-state index is 0.0276. The standard InChI is InChI=1S/C16H17ClF3IN4O/c1-8(2)12(7-26)23-15-24-13(16(18,19)20)6-14(25-15)22-11-4-3-9(21)5-10(11)17/h3-6,8,12,26H,7H2,1-2H3,(H2,22,23,24,25)/t12-/m1/s1. The summed E-state index contributed by atoms with van der Waals surface area (Å²) in [6.45, 7) is 3.39. The molecule has 0 bridgehead atoms. The fraction of sp³-hybridized carbons (Fsp3) is 0.375. The summed E-state index contributed by atoms with van der Waals surface area (Å²) in [5, 5.41) is 15.3. The first-order valence-electron chi connectivity index (χ1n) is 7.66. The summed E-state index contributed by atoms with van der Waals surface area (Å²) in [5.74, 6) is -0.310. The maximum absolute atomic E-state index is 13.2. The molecule has 142 valence electrons. The second kappa shape index (κ2) is 8.57. The van der Waals surface area contributed by atoms with Crippen LogP contribution >= 0.6 is 34.2 Å². The van der Waals surface area contributed by atoms with Crippen LogP contribution in [0, 0.1) is 9.49 Å². The lowest BCUT2D eigenvalue weighted by Gasteiger charge is -2.21. The molecule has 1 atom stereocenters. The van der Waals surface area contributed by atoms with Crippen LogP contribution in [0.1, 0.15) is 19.5 Å². The number of aliphatic hydroxyl groups excluding tert-OH is 1. The molecule has 0 spiro atoms. The molecule has 0 aliphatic carbocycles. The Hall–Kier alpha value is -1.33. The summed E-state index contributed by atoms with van der Waals surface area (Å²) in [7, 11) is 0. The van der Waals surface area contributed by atoms with Crippen molar-refractivity contribution in [1.82, 2.24) is 9.97 Å². The fourth-order valence-electron chi connectivity index (χ4n) is 2.04. The van der Waals surface area contributed by atoms with Crippen molar-refractivity contribution in [2.75, 3.05) is 17.2 Å². The minimum Gasteiger partial charge on any atom is -0.394 e. The minimum atomic E-state index is -4.64. The van der Waals surface area contributed by atoms with Crippen LogP contribution in [0.25, 0.3) is 0 Å². The molecule has 0 aliphatic rings. The number of halogens is 5. The van der Waals surface area contributed by atoms with Crippen molar-refractivity contribution in [3.05, 3.63) is 38.6 Å². The summed E-state index contributed by atoms with van der Waals surface area (Å²) in [6.07, 6.45) is -4.64. The topological polar surface area (TPSA) is 70.1 Å². The zero-order valence-electron chi connectivity index (χ0n) is 13.9. The molecule has 0 unspecified atom stereocenters. The second-order valence-electron chi connectivity index (χ2n) is 5.89. The van der Waals surface area contributed by atoms with E-state index in [0.29, 0.717) is 10.7 Å². The Balaban J connectivity index is 2.39. The smallest absolute Gasteiger partial charge is 0.394 e. The van der Waals surface area contributed by atoms with Crippen LogP contribution in [-0.2, 0) is 6.18 Å². The van der Waals surface area contributed by atoms with Crippen molar-refractivity contribution >= 4 is 51.6 Å². The Labute approximate surface area is 167 Å². The zero-order chi connectivity index (χ0) is 19.5. The van der Waals surface area contributed by atoms with Gasteiger partial charge in [0.05, 0.1) is 23.4 Å². The maximum atomic E-state index is 13.2. The molecule has 1 aromatic carbocycles. The molecule has 2 aromatic rings. The first-order chi connectivity index (χ1) is 12.1. The molecule has 0 saturated heterocycles. The van der Waals surface area contributed by atoms with Gasteiger partial charge in [0, 0.05) is 9.64 Å². The van der Waals surface area contributed by atoms with Gasteiger partial charge in [0.1, 0.15) is 5.82 Å². The van der Waals surface area contributed by atoms with Crippen molar-refractivity contribution in [1.29, 1.82) is 0 Å². The van der Waals surface area contributed by atoms with Gasteiger partial charge < -0.3 is 15.7 Å². The molecule has 3 N–H and O–H groups in total. The predicted octanol–water partition coefficient (Wildman–Crippen LogP) is 4.93. The van der Waals surface area contributed by atoms with Gasteiger partial charge in [0.25, 0.3) is 0 Å². The van der Waals surface area contributed by atoms with E-state index < -0.39 is 17.9 Å². The number of aromatic nitrogens is 2. The SMILES string of the molecule is CC(C)[C@@H](CO)Nc1nc(Nc2ccc(I)cc2Cl)cc(C(F)(F)F)n1. The second-order valence-corrected chi connectivity index (χ2v) is 7.54. The number of rotatable bonds is 6.